The zero-order valence-corrected chi connectivity index (χ0v) is 17.4. The van der Waals surface area contributed by atoms with Crippen LogP contribution in [0.5, 0.6) is 0 Å². The van der Waals surface area contributed by atoms with Crippen LogP contribution < -0.4 is 0 Å². The average molecular weight is 387 g/mol. The fourth-order valence-electron chi connectivity index (χ4n) is 3.32. The van der Waals surface area contributed by atoms with Crippen molar-refractivity contribution in [1.29, 1.82) is 0 Å². The first-order chi connectivity index (χ1) is 12.8. The molecule has 0 fully saturated rings. The van der Waals surface area contributed by atoms with Gasteiger partial charge in [0.1, 0.15) is 11.6 Å². The van der Waals surface area contributed by atoms with Crippen molar-refractivity contribution in [2.75, 3.05) is 0 Å². The first-order valence-corrected chi connectivity index (χ1v) is 9.94. The standard InChI is InChI=1S/C21H27FN3OP/c1-5-21(26,6-2)15-8-7-14-10-18(23-17(14)11-15)19-13(4)16(24-25-19)9-12(3)20(22)27/h7-11,20,23,26H,5-6,27H2,1-4H3,(H,24,25)/b12-9+. The summed E-state index contributed by atoms with van der Waals surface area (Å²) in [5.74, 6) is -1.07. The number of aliphatic hydroxyl groups is 1. The molecule has 2 aromatic heterocycles. The van der Waals surface area contributed by atoms with Crippen LogP contribution in [0.3, 0.4) is 0 Å². The molecule has 0 spiro atoms. The van der Waals surface area contributed by atoms with Crippen LogP contribution in [0, 0.1) is 6.92 Å². The number of rotatable bonds is 6. The highest BCUT2D eigenvalue weighted by atomic mass is 31.0. The third kappa shape index (κ3) is 3.71. The summed E-state index contributed by atoms with van der Waals surface area (Å²) in [4.78, 5) is 3.41. The van der Waals surface area contributed by atoms with Crippen molar-refractivity contribution in [3.05, 3.63) is 46.7 Å². The minimum absolute atomic E-state index is 0.623. The Balaban J connectivity index is 2.02. The number of benzene rings is 1. The first-order valence-electron chi connectivity index (χ1n) is 9.28. The summed E-state index contributed by atoms with van der Waals surface area (Å²) in [5.41, 5.74) is 5.17. The summed E-state index contributed by atoms with van der Waals surface area (Å²) in [7, 11) is 2.15. The minimum atomic E-state index is -1.07. The molecule has 3 N–H and O–H groups in total. The number of allylic oxidation sites excluding steroid dienone is 1. The summed E-state index contributed by atoms with van der Waals surface area (Å²) in [5, 5.41) is 19.3. The average Bonchev–Trinajstić information content (AvgIpc) is 3.23. The maximum atomic E-state index is 13.4. The zero-order chi connectivity index (χ0) is 19.8. The lowest BCUT2D eigenvalue weighted by molar-refractivity contribution is 0.0285. The molecule has 0 saturated heterocycles. The van der Waals surface area contributed by atoms with Gasteiger partial charge in [0, 0.05) is 16.5 Å². The molecule has 0 amide bonds. The number of alkyl halides is 1. The second-order valence-electron chi connectivity index (χ2n) is 7.12. The van der Waals surface area contributed by atoms with Crippen molar-refractivity contribution in [3.63, 3.8) is 0 Å². The number of aromatic nitrogens is 3. The number of H-pyrrole nitrogens is 2. The van der Waals surface area contributed by atoms with Gasteiger partial charge in [0.15, 0.2) is 0 Å². The predicted molar refractivity (Wildman–Crippen MR) is 113 cm³/mol. The normalized spacial score (nSPS) is 14.1. The van der Waals surface area contributed by atoms with Gasteiger partial charge in [-0.3, -0.25) is 5.10 Å². The Morgan fingerprint density at radius 3 is 2.67 bits per heavy atom. The number of hydrogen-bond acceptors (Lipinski definition) is 2. The Labute approximate surface area is 161 Å². The first kappa shape index (κ1) is 19.8. The van der Waals surface area contributed by atoms with E-state index in [1.165, 1.54) is 0 Å². The van der Waals surface area contributed by atoms with Crippen LogP contribution in [0.4, 0.5) is 4.39 Å². The van der Waals surface area contributed by atoms with E-state index < -0.39 is 11.5 Å². The molecule has 0 radical (unpaired) electrons. The molecule has 2 heterocycles. The second kappa shape index (κ2) is 7.57. The van der Waals surface area contributed by atoms with E-state index in [1.54, 1.807) is 13.0 Å². The quantitative estimate of drug-likeness (QED) is 0.493. The van der Waals surface area contributed by atoms with Gasteiger partial charge in [-0.05, 0) is 56.0 Å². The van der Waals surface area contributed by atoms with Gasteiger partial charge in [-0.25, -0.2) is 4.39 Å². The van der Waals surface area contributed by atoms with E-state index in [0.29, 0.717) is 18.4 Å². The number of fused-ring (bicyclic) bond motifs is 1. The van der Waals surface area contributed by atoms with Crippen LogP contribution in [0.15, 0.2) is 29.8 Å². The third-order valence-electron chi connectivity index (χ3n) is 5.44. The summed E-state index contributed by atoms with van der Waals surface area (Å²) in [6, 6.07) is 8.08. The molecular weight excluding hydrogens is 360 g/mol. The number of halogens is 1. The van der Waals surface area contributed by atoms with Crippen LogP contribution in [0.1, 0.15) is 50.4 Å². The van der Waals surface area contributed by atoms with Crippen molar-refractivity contribution in [2.24, 2.45) is 0 Å². The molecule has 3 aromatic rings. The Morgan fingerprint density at radius 1 is 1.33 bits per heavy atom. The van der Waals surface area contributed by atoms with Crippen LogP contribution in [-0.2, 0) is 5.60 Å². The Morgan fingerprint density at radius 2 is 2.04 bits per heavy atom. The van der Waals surface area contributed by atoms with E-state index in [4.69, 9.17) is 0 Å². The molecule has 0 aliphatic heterocycles. The molecule has 27 heavy (non-hydrogen) atoms. The van der Waals surface area contributed by atoms with Crippen molar-refractivity contribution in [2.45, 2.75) is 52.1 Å². The molecular formula is C21H27FN3OP. The molecule has 0 aliphatic rings. The van der Waals surface area contributed by atoms with Gasteiger partial charge >= 0.3 is 0 Å². The summed E-state index contributed by atoms with van der Waals surface area (Å²) in [6.07, 6.45) is 3.12. The Kier molecular flexibility index (Phi) is 5.55. The van der Waals surface area contributed by atoms with Gasteiger partial charge in [-0.15, -0.1) is 0 Å². The molecule has 2 unspecified atom stereocenters. The van der Waals surface area contributed by atoms with E-state index >= 15 is 0 Å². The predicted octanol–water partition coefficient (Wildman–Crippen LogP) is 5.45. The van der Waals surface area contributed by atoms with Gasteiger partial charge in [0.2, 0.25) is 0 Å². The highest BCUT2D eigenvalue weighted by molar-refractivity contribution is 7.17. The SMILES string of the molecule is CCC(O)(CC)c1ccc2cc(-c3n[nH]c(/C=C(\C)C(F)P)c3C)[nH]c2c1. The molecule has 1 aromatic carbocycles. The third-order valence-corrected chi connectivity index (χ3v) is 5.96. The highest BCUT2D eigenvalue weighted by Crippen LogP contribution is 2.33. The van der Waals surface area contributed by atoms with Crippen LogP contribution in [0.25, 0.3) is 28.4 Å². The number of hydrogen-bond donors (Lipinski definition) is 3. The summed E-state index contributed by atoms with van der Waals surface area (Å²) < 4.78 is 13.4. The minimum Gasteiger partial charge on any atom is -0.385 e. The maximum Gasteiger partial charge on any atom is 0.134 e. The highest BCUT2D eigenvalue weighted by Gasteiger charge is 2.25. The molecule has 0 saturated carbocycles. The van der Waals surface area contributed by atoms with Gasteiger partial charge < -0.3 is 10.1 Å². The molecule has 144 valence electrons. The van der Waals surface area contributed by atoms with Crippen molar-refractivity contribution in [3.8, 4) is 11.4 Å². The van der Waals surface area contributed by atoms with Gasteiger partial charge in [-0.2, -0.15) is 5.10 Å². The molecule has 3 rings (SSSR count). The second-order valence-corrected chi connectivity index (χ2v) is 7.71. The van der Waals surface area contributed by atoms with Crippen molar-refractivity contribution >= 4 is 26.2 Å². The largest absolute Gasteiger partial charge is 0.385 e. The Bertz CT molecular complexity index is 983. The lowest BCUT2D eigenvalue weighted by Crippen LogP contribution is -2.23. The van der Waals surface area contributed by atoms with Crippen molar-refractivity contribution < 1.29 is 9.50 Å². The fourth-order valence-corrected chi connectivity index (χ4v) is 3.42. The van der Waals surface area contributed by atoms with E-state index in [-0.39, 0.29) is 0 Å². The lowest BCUT2D eigenvalue weighted by atomic mass is 9.88. The molecule has 6 heteroatoms. The van der Waals surface area contributed by atoms with Crippen LogP contribution in [-0.4, -0.2) is 26.2 Å². The van der Waals surface area contributed by atoms with E-state index in [9.17, 15) is 9.50 Å². The van der Waals surface area contributed by atoms with E-state index in [0.717, 1.165) is 39.1 Å². The van der Waals surface area contributed by atoms with Gasteiger partial charge in [0.05, 0.1) is 17.0 Å². The number of nitrogens with one attached hydrogen (secondary N) is 2. The Hall–Kier alpha value is -1.97. The maximum absolute atomic E-state index is 13.4. The van der Waals surface area contributed by atoms with Gasteiger partial charge in [0.25, 0.3) is 0 Å². The van der Waals surface area contributed by atoms with Gasteiger partial charge in [-0.1, -0.05) is 35.2 Å². The van der Waals surface area contributed by atoms with E-state index in [2.05, 4.69) is 24.4 Å². The summed E-state index contributed by atoms with van der Waals surface area (Å²) >= 11 is 0. The number of aromatic amines is 2. The zero-order valence-electron chi connectivity index (χ0n) is 16.2. The molecule has 0 bridgehead atoms. The van der Waals surface area contributed by atoms with Crippen molar-refractivity contribution in [1.82, 2.24) is 15.2 Å². The summed E-state index contributed by atoms with van der Waals surface area (Å²) in [6.45, 7) is 7.71. The monoisotopic (exact) mass is 387 g/mol. The smallest absolute Gasteiger partial charge is 0.134 e. The molecule has 4 nitrogen and oxygen atoms in total. The van der Waals surface area contributed by atoms with Crippen LogP contribution >= 0.6 is 9.24 Å². The lowest BCUT2D eigenvalue weighted by Gasteiger charge is -2.25. The fraction of sp³-hybridized carbons (Fsp3) is 0.381. The number of nitrogens with zero attached hydrogens (tertiary/aromatic N) is 1. The topological polar surface area (TPSA) is 64.7 Å². The molecule has 0 aliphatic carbocycles. The van der Waals surface area contributed by atoms with Crippen LogP contribution in [0.2, 0.25) is 0 Å². The van der Waals surface area contributed by atoms with E-state index in [1.807, 2.05) is 45.0 Å². The molecule has 2 atom stereocenters.